The fraction of sp³-hybridized carbons (Fsp3) is 0. The Kier molecular flexibility index (Phi) is 21.6. The topological polar surface area (TPSA) is 118 Å². The molecule has 0 aromatic rings. The maximum absolute atomic E-state index is 8.67. The van der Waals surface area contributed by atoms with Crippen molar-refractivity contribution < 1.29 is 47.5 Å². The summed E-state index contributed by atoms with van der Waals surface area (Å²) in [4.78, 5) is 21.7. The molecule has 0 rings (SSSR count). The van der Waals surface area contributed by atoms with E-state index in [9.17, 15) is 0 Å². The second kappa shape index (κ2) is 11.8. The standard InChI is InChI=1S/H3O3P.H2O3S.Zn/c2*1-4(2)3;/h1-3H;(H2,1,2,3);. The third-order valence-electron chi connectivity index (χ3n) is 0. The molecule has 6 nitrogen and oxygen atoms in total. The van der Waals surface area contributed by atoms with Crippen LogP contribution < -0.4 is 0 Å². The van der Waals surface area contributed by atoms with Crippen LogP contribution in [-0.2, 0) is 30.8 Å². The first-order valence-corrected chi connectivity index (χ1v) is 3.40. The average Bonchev–Trinajstić information content (AvgIpc) is 1.25. The van der Waals surface area contributed by atoms with E-state index in [1.54, 1.807) is 0 Å². The zero-order chi connectivity index (χ0) is 7.15. The Morgan fingerprint density at radius 3 is 1.11 bits per heavy atom. The number of rotatable bonds is 0. The molecule has 0 bridgehead atoms. The van der Waals surface area contributed by atoms with Crippen LogP contribution in [0, 0.1) is 0 Å². The SMILES string of the molecule is O=S(O)O.OP(O)O.[Zn]. The Bertz CT molecular complexity index is 57.3. The fourth-order valence-corrected chi connectivity index (χ4v) is 0. The summed E-state index contributed by atoms with van der Waals surface area (Å²) in [6.07, 6.45) is 0. The Morgan fingerprint density at radius 2 is 1.11 bits per heavy atom. The molecule has 0 atom stereocenters. The molecule has 0 heterocycles. The van der Waals surface area contributed by atoms with Crippen molar-refractivity contribution in [2.75, 3.05) is 0 Å². The predicted octanol–water partition coefficient (Wildman–Crippen LogP) is -1.13. The minimum Gasteiger partial charge on any atom is -0.328 e. The number of hydrogen-bond acceptors (Lipinski definition) is 4. The van der Waals surface area contributed by atoms with Crippen LogP contribution in [0.4, 0.5) is 0 Å². The van der Waals surface area contributed by atoms with Gasteiger partial charge in [0.25, 0.3) is 11.4 Å². The molecule has 0 amide bonds. The second-order valence-electron chi connectivity index (χ2n) is 0.499. The van der Waals surface area contributed by atoms with E-state index in [-0.39, 0.29) is 19.5 Å². The van der Waals surface area contributed by atoms with Gasteiger partial charge in [0.05, 0.1) is 0 Å². The first-order chi connectivity index (χ1) is 3.46. The van der Waals surface area contributed by atoms with Crippen LogP contribution in [0.2, 0.25) is 0 Å². The normalized spacial score (nSPS) is 7.89. The monoisotopic (exact) mass is 228 g/mol. The van der Waals surface area contributed by atoms with Gasteiger partial charge in [0, 0.05) is 19.5 Å². The maximum atomic E-state index is 8.67. The Labute approximate surface area is 67.8 Å². The van der Waals surface area contributed by atoms with Gasteiger partial charge in [0.2, 0.25) is 0 Å². The van der Waals surface area contributed by atoms with E-state index in [4.69, 9.17) is 28.0 Å². The van der Waals surface area contributed by atoms with Crippen molar-refractivity contribution in [3.8, 4) is 0 Å². The van der Waals surface area contributed by atoms with Crippen LogP contribution in [0.15, 0.2) is 0 Å². The van der Waals surface area contributed by atoms with Gasteiger partial charge in [0.1, 0.15) is 0 Å². The van der Waals surface area contributed by atoms with Crippen molar-refractivity contribution in [1.29, 1.82) is 0 Å². The van der Waals surface area contributed by atoms with Crippen molar-refractivity contribution in [3.63, 3.8) is 0 Å². The van der Waals surface area contributed by atoms with Gasteiger partial charge in [-0.2, -0.15) is 4.21 Å². The first kappa shape index (κ1) is 16.5. The number of hydrogen-bond donors (Lipinski definition) is 5. The second-order valence-corrected chi connectivity index (χ2v) is 1.50. The molecule has 0 saturated carbocycles. The summed E-state index contributed by atoms with van der Waals surface area (Å²) in [5.41, 5.74) is 0. The van der Waals surface area contributed by atoms with Gasteiger partial charge in [-0.15, -0.1) is 0 Å². The van der Waals surface area contributed by atoms with Gasteiger partial charge in [0.15, 0.2) is 0 Å². The molecule has 0 fully saturated rings. The van der Waals surface area contributed by atoms with Crippen LogP contribution in [0.25, 0.3) is 0 Å². The molecule has 0 aromatic carbocycles. The first-order valence-electron chi connectivity index (χ1n) is 1.13. The molecule has 0 unspecified atom stereocenters. The van der Waals surface area contributed by atoms with Crippen LogP contribution in [0.3, 0.4) is 0 Å². The average molecular weight is 229 g/mol. The molecular formula is H5O6PSZn. The third kappa shape index (κ3) is 439. The van der Waals surface area contributed by atoms with E-state index in [1.807, 2.05) is 0 Å². The maximum Gasteiger partial charge on any atom is 0.324 e. The van der Waals surface area contributed by atoms with Gasteiger partial charge < -0.3 is 14.7 Å². The molecule has 0 spiro atoms. The summed E-state index contributed by atoms with van der Waals surface area (Å²) in [7, 11) is -2.62. The van der Waals surface area contributed by atoms with Gasteiger partial charge in [-0.25, -0.2) is 0 Å². The van der Waals surface area contributed by atoms with Crippen LogP contribution in [0.1, 0.15) is 0 Å². The molecule has 0 radical (unpaired) electrons. The summed E-state index contributed by atoms with van der Waals surface area (Å²) in [5, 5.41) is 0. The fourth-order valence-electron chi connectivity index (χ4n) is 0. The summed E-state index contributed by atoms with van der Waals surface area (Å²) in [5.74, 6) is 0. The molecular weight excluding hydrogens is 224 g/mol. The molecule has 54 valence electrons. The zero-order valence-corrected chi connectivity index (χ0v) is 8.88. The van der Waals surface area contributed by atoms with E-state index < -0.39 is 20.0 Å². The van der Waals surface area contributed by atoms with E-state index in [0.717, 1.165) is 0 Å². The molecule has 0 aliphatic heterocycles. The zero-order valence-electron chi connectivity index (χ0n) is 4.21. The van der Waals surface area contributed by atoms with E-state index in [1.165, 1.54) is 0 Å². The van der Waals surface area contributed by atoms with Gasteiger partial charge in [-0.1, -0.05) is 0 Å². The smallest absolute Gasteiger partial charge is 0.324 e. The molecule has 0 saturated heterocycles. The Hall–Kier alpha value is 1.00. The quantitative estimate of drug-likeness (QED) is 0.204. The molecule has 9 heavy (non-hydrogen) atoms. The molecule has 0 aliphatic carbocycles. The van der Waals surface area contributed by atoms with Crippen molar-refractivity contribution in [2.24, 2.45) is 0 Å². The van der Waals surface area contributed by atoms with Crippen molar-refractivity contribution in [1.82, 2.24) is 0 Å². The summed E-state index contributed by atoms with van der Waals surface area (Å²) >= 11 is -2.61. The van der Waals surface area contributed by atoms with Crippen LogP contribution in [0.5, 0.6) is 0 Å². The summed E-state index contributed by atoms with van der Waals surface area (Å²) in [6, 6.07) is 0. The van der Waals surface area contributed by atoms with Crippen LogP contribution >= 0.6 is 8.60 Å². The molecule has 0 aliphatic rings. The molecule has 5 N–H and O–H groups in total. The largest absolute Gasteiger partial charge is 0.328 e. The Balaban J connectivity index is -0.0000000720. The molecule has 9 heteroatoms. The minimum atomic E-state index is -2.62. The minimum absolute atomic E-state index is 0. The van der Waals surface area contributed by atoms with Crippen LogP contribution in [-0.4, -0.2) is 28.0 Å². The predicted molar refractivity (Wildman–Crippen MR) is 27.0 cm³/mol. The van der Waals surface area contributed by atoms with Gasteiger partial charge in [-0.05, 0) is 0 Å². The van der Waals surface area contributed by atoms with Gasteiger partial charge >= 0.3 is 8.60 Å². The summed E-state index contributed by atoms with van der Waals surface area (Å²) < 4.78 is 22.8. The third-order valence-corrected chi connectivity index (χ3v) is 0. The van der Waals surface area contributed by atoms with Gasteiger partial charge in [-0.3, -0.25) is 9.11 Å². The van der Waals surface area contributed by atoms with Crippen molar-refractivity contribution >= 4 is 20.0 Å². The van der Waals surface area contributed by atoms with E-state index in [2.05, 4.69) is 0 Å². The van der Waals surface area contributed by atoms with E-state index in [0.29, 0.717) is 0 Å². The van der Waals surface area contributed by atoms with Crippen molar-refractivity contribution in [3.05, 3.63) is 0 Å². The van der Waals surface area contributed by atoms with Crippen molar-refractivity contribution in [2.45, 2.75) is 0 Å². The van der Waals surface area contributed by atoms with E-state index >= 15 is 0 Å². The molecule has 0 aromatic heterocycles. The Morgan fingerprint density at radius 1 is 1.11 bits per heavy atom. The summed E-state index contributed by atoms with van der Waals surface area (Å²) in [6.45, 7) is 0.